The summed E-state index contributed by atoms with van der Waals surface area (Å²) in [7, 11) is 0. The van der Waals surface area contributed by atoms with E-state index in [-0.39, 0.29) is 25.0 Å². The van der Waals surface area contributed by atoms with Crippen LogP contribution in [0.1, 0.15) is 31.2 Å². The molecule has 0 saturated carbocycles. The fourth-order valence-electron chi connectivity index (χ4n) is 2.88. The quantitative estimate of drug-likeness (QED) is 0.128. The highest BCUT2D eigenvalue weighted by Crippen LogP contribution is 2.11. The zero-order valence-corrected chi connectivity index (χ0v) is 18.7. The Morgan fingerprint density at radius 3 is 2.00 bits per heavy atom. The molecule has 0 radical (unpaired) electrons. The average molecular weight is 495 g/mol. The van der Waals surface area contributed by atoms with E-state index in [0.717, 1.165) is 0 Å². The predicted octanol–water partition coefficient (Wildman–Crippen LogP) is -2.44. The molecular weight excluding hydrogens is 466 g/mol. The van der Waals surface area contributed by atoms with Crippen molar-refractivity contribution in [3.05, 3.63) is 29.8 Å². The first kappa shape index (κ1) is 28.8. The number of hydrogen-bond acceptors (Lipinski definition) is 8. The predicted molar refractivity (Wildman–Crippen MR) is 120 cm³/mol. The maximum atomic E-state index is 12.5. The van der Waals surface area contributed by atoms with Crippen LogP contribution in [-0.4, -0.2) is 75.6 Å². The largest absolute Gasteiger partial charge is 0.508 e. The molecule has 4 amide bonds. The lowest BCUT2D eigenvalue weighted by Gasteiger charge is -2.21. The van der Waals surface area contributed by atoms with Gasteiger partial charge in [-0.05, 0) is 37.0 Å². The molecule has 0 aliphatic rings. The maximum Gasteiger partial charge on any atom is 0.326 e. The van der Waals surface area contributed by atoms with Gasteiger partial charge in [-0.3, -0.25) is 24.0 Å². The summed E-state index contributed by atoms with van der Waals surface area (Å²) in [5.74, 6) is -5.91. The maximum absolute atomic E-state index is 12.5. The number of aromatic hydroxyl groups is 1. The van der Waals surface area contributed by atoms with Crippen LogP contribution in [0.15, 0.2) is 24.3 Å². The summed E-state index contributed by atoms with van der Waals surface area (Å²) in [6.07, 6.45) is -1.36. The minimum Gasteiger partial charge on any atom is -0.508 e. The van der Waals surface area contributed by atoms with Gasteiger partial charge in [0.2, 0.25) is 23.6 Å². The average Bonchev–Trinajstić information content (AvgIpc) is 2.78. The summed E-state index contributed by atoms with van der Waals surface area (Å²) in [6, 6.07) is 2.11. The van der Waals surface area contributed by atoms with Gasteiger partial charge < -0.3 is 42.7 Å². The Bertz CT molecular complexity index is 936. The molecule has 0 saturated heterocycles. The summed E-state index contributed by atoms with van der Waals surface area (Å²) in [6.45, 7) is -0.566. The number of carbonyl (C=O) groups is 6. The van der Waals surface area contributed by atoms with Crippen molar-refractivity contribution < 1.29 is 44.1 Å². The van der Waals surface area contributed by atoms with Crippen LogP contribution in [0.25, 0.3) is 0 Å². The molecule has 192 valence electrons. The highest BCUT2D eigenvalue weighted by atomic mass is 16.4. The van der Waals surface area contributed by atoms with Crippen molar-refractivity contribution in [3.8, 4) is 5.75 Å². The van der Waals surface area contributed by atoms with Crippen LogP contribution in [0.2, 0.25) is 0 Å². The minimum absolute atomic E-state index is 0.0509. The Morgan fingerprint density at radius 1 is 0.857 bits per heavy atom. The molecule has 14 nitrogen and oxygen atoms in total. The van der Waals surface area contributed by atoms with E-state index in [0.29, 0.717) is 5.56 Å². The Labute approximate surface area is 200 Å². The van der Waals surface area contributed by atoms with E-state index < -0.39 is 73.1 Å². The summed E-state index contributed by atoms with van der Waals surface area (Å²) < 4.78 is 0. The fourth-order valence-corrected chi connectivity index (χ4v) is 2.88. The second-order valence-corrected chi connectivity index (χ2v) is 7.65. The number of phenolic OH excluding ortho intramolecular Hbond substituents is 1. The van der Waals surface area contributed by atoms with Crippen LogP contribution in [-0.2, 0) is 35.2 Å². The SMILES string of the molecule is NC(=O)CCC(NC(=O)CNC(=O)C(N)Cc1ccc(O)cc1)C(=O)NC(CCC(=O)O)C(=O)O. The topological polar surface area (TPSA) is 251 Å². The Hall–Kier alpha value is -4.20. The third-order valence-electron chi connectivity index (χ3n) is 4.74. The molecule has 3 atom stereocenters. The summed E-state index contributed by atoms with van der Waals surface area (Å²) in [4.78, 5) is 70.1. The number of carbonyl (C=O) groups excluding carboxylic acids is 4. The smallest absolute Gasteiger partial charge is 0.326 e. The standard InChI is InChI=1S/C21H29N5O9/c22-13(9-11-1-3-12(27)4-2-11)19(32)24-10-17(29)25-14(5-7-16(23)28)20(33)26-15(21(34)35)6-8-18(30)31/h1-4,13-15,27H,5-10,22H2,(H2,23,28)(H,24,32)(H,25,29)(H,26,33)(H,30,31)(H,34,35). The van der Waals surface area contributed by atoms with E-state index in [2.05, 4.69) is 16.0 Å². The molecule has 14 heteroatoms. The lowest BCUT2D eigenvalue weighted by atomic mass is 10.1. The van der Waals surface area contributed by atoms with Gasteiger partial charge in [-0.1, -0.05) is 12.1 Å². The summed E-state index contributed by atoms with van der Waals surface area (Å²) in [5, 5.41) is 33.9. The number of rotatable bonds is 15. The number of nitrogens with two attached hydrogens (primary N) is 2. The zero-order valence-electron chi connectivity index (χ0n) is 18.7. The minimum atomic E-state index is -1.54. The van der Waals surface area contributed by atoms with Gasteiger partial charge in [0.25, 0.3) is 0 Å². The molecule has 0 spiro atoms. The third-order valence-corrected chi connectivity index (χ3v) is 4.74. The van der Waals surface area contributed by atoms with Crippen molar-refractivity contribution in [3.63, 3.8) is 0 Å². The number of carboxylic acid groups (broad SMARTS) is 2. The van der Waals surface area contributed by atoms with E-state index >= 15 is 0 Å². The lowest BCUT2D eigenvalue weighted by Crippen LogP contribution is -2.54. The molecule has 1 aromatic rings. The molecule has 0 aromatic heterocycles. The van der Waals surface area contributed by atoms with Gasteiger partial charge in [-0.2, -0.15) is 0 Å². The molecule has 1 rings (SSSR count). The Kier molecular flexibility index (Phi) is 11.7. The van der Waals surface area contributed by atoms with Crippen molar-refractivity contribution in [2.24, 2.45) is 11.5 Å². The number of aliphatic carboxylic acids is 2. The van der Waals surface area contributed by atoms with E-state index in [1.54, 1.807) is 12.1 Å². The van der Waals surface area contributed by atoms with Gasteiger partial charge in [0, 0.05) is 12.8 Å². The summed E-state index contributed by atoms with van der Waals surface area (Å²) in [5.41, 5.74) is 11.6. The zero-order chi connectivity index (χ0) is 26.5. The molecule has 0 bridgehead atoms. The van der Waals surface area contributed by atoms with Crippen molar-refractivity contribution in [1.29, 1.82) is 0 Å². The van der Waals surface area contributed by atoms with E-state index in [1.165, 1.54) is 12.1 Å². The van der Waals surface area contributed by atoms with Gasteiger partial charge in [-0.25, -0.2) is 4.79 Å². The molecule has 0 heterocycles. The van der Waals surface area contributed by atoms with Gasteiger partial charge in [0.05, 0.1) is 12.6 Å². The molecule has 35 heavy (non-hydrogen) atoms. The van der Waals surface area contributed by atoms with Gasteiger partial charge in [0.15, 0.2) is 0 Å². The second kappa shape index (κ2) is 14.1. The molecule has 3 unspecified atom stereocenters. The molecule has 0 fully saturated rings. The summed E-state index contributed by atoms with van der Waals surface area (Å²) >= 11 is 0. The van der Waals surface area contributed by atoms with Crippen LogP contribution >= 0.6 is 0 Å². The number of benzene rings is 1. The van der Waals surface area contributed by atoms with Crippen LogP contribution < -0.4 is 27.4 Å². The first-order chi connectivity index (χ1) is 16.4. The second-order valence-electron chi connectivity index (χ2n) is 7.65. The van der Waals surface area contributed by atoms with Crippen molar-refractivity contribution in [2.75, 3.05) is 6.54 Å². The number of carboxylic acids is 2. The van der Waals surface area contributed by atoms with E-state index in [4.69, 9.17) is 16.6 Å². The highest BCUT2D eigenvalue weighted by Gasteiger charge is 2.27. The normalized spacial score (nSPS) is 13.1. The highest BCUT2D eigenvalue weighted by molar-refractivity contribution is 5.93. The van der Waals surface area contributed by atoms with Crippen LogP contribution in [0.5, 0.6) is 5.75 Å². The molecular formula is C21H29N5O9. The monoisotopic (exact) mass is 495 g/mol. The van der Waals surface area contributed by atoms with Crippen LogP contribution in [0, 0.1) is 0 Å². The molecule has 0 aliphatic heterocycles. The number of primary amides is 1. The number of hydrogen-bond donors (Lipinski definition) is 8. The van der Waals surface area contributed by atoms with E-state index in [9.17, 15) is 39.0 Å². The van der Waals surface area contributed by atoms with E-state index in [1.807, 2.05) is 0 Å². The number of amides is 4. The Balaban J connectivity index is 2.69. The van der Waals surface area contributed by atoms with Crippen molar-refractivity contribution in [2.45, 2.75) is 50.2 Å². The Morgan fingerprint density at radius 2 is 1.46 bits per heavy atom. The van der Waals surface area contributed by atoms with Gasteiger partial charge in [-0.15, -0.1) is 0 Å². The number of phenols is 1. The number of nitrogens with one attached hydrogen (secondary N) is 3. The lowest BCUT2D eigenvalue weighted by molar-refractivity contribution is -0.143. The van der Waals surface area contributed by atoms with Crippen molar-refractivity contribution >= 4 is 35.6 Å². The van der Waals surface area contributed by atoms with Crippen molar-refractivity contribution in [1.82, 2.24) is 16.0 Å². The van der Waals surface area contributed by atoms with Gasteiger partial charge >= 0.3 is 11.9 Å². The molecule has 1 aromatic carbocycles. The van der Waals surface area contributed by atoms with Crippen LogP contribution in [0.3, 0.4) is 0 Å². The van der Waals surface area contributed by atoms with Gasteiger partial charge in [0.1, 0.15) is 17.8 Å². The first-order valence-corrected chi connectivity index (χ1v) is 10.5. The van der Waals surface area contributed by atoms with Crippen LogP contribution in [0.4, 0.5) is 0 Å². The first-order valence-electron chi connectivity index (χ1n) is 10.5. The fraction of sp³-hybridized carbons (Fsp3) is 0.429. The molecule has 10 N–H and O–H groups in total. The third kappa shape index (κ3) is 11.5. The molecule has 0 aliphatic carbocycles.